The first-order chi connectivity index (χ1) is 15.3. The summed E-state index contributed by atoms with van der Waals surface area (Å²) in [4.78, 5) is 26.4. The van der Waals surface area contributed by atoms with Gasteiger partial charge >= 0.3 is 0 Å². The number of piperazine rings is 1. The second-order valence-corrected chi connectivity index (χ2v) is 10.2. The molecule has 0 aromatic heterocycles. The Hall–Kier alpha value is -2.42. The van der Waals surface area contributed by atoms with Crippen molar-refractivity contribution in [3.63, 3.8) is 0 Å². The van der Waals surface area contributed by atoms with E-state index >= 15 is 0 Å². The monoisotopic (exact) mass is 477 g/mol. The predicted octanol–water partition coefficient (Wildman–Crippen LogP) is 2.87. The lowest BCUT2D eigenvalue weighted by Crippen LogP contribution is -2.50. The topological polar surface area (TPSA) is 86.8 Å². The molecule has 0 spiro atoms. The van der Waals surface area contributed by atoms with Crippen molar-refractivity contribution in [2.75, 3.05) is 32.7 Å². The van der Waals surface area contributed by atoms with Gasteiger partial charge in [0.05, 0.1) is 4.90 Å². The van der Waals surface area contributed by atoms with Crippen molar-refractivity contribution in [1.29, 1.82) is 0 Å². The number of sulfonamides is 1. The molecular formula is C23H28ClN3O4S. The Labute approximate surface area is 194 Å². The number of hydrogen-bond donors (Lipinski definition) is 1. The summed E-state index contributed by atoms with van der Waals surface area (Å²) in [6.45, 7) is 3.60. The van der Waals surface area contributed by atoms with Crippen molar-refractivity contribution in [1.82, 2.24) is 14.5 Å². The third kappa shape index (κ3) is 6.31. The minimum Gasteiger partial charge on any atom is -0.355 e. The zero-order valence-corrected chi connectivity index (χ0v) is 19.6. The quantitative estimate of drug-likeness (QED) is 0.633. The van der Waals surface area contributed by atoms with Crippen LogP contribution < -0.4 is 5.32 Å². The molecule has 1 aliphatic heterocycles. The van der Waals surface area contributed by atoms with Gasteiger partial charge in [-0.1, -0.05) is 48.9 Å². The van der Waals surface area contributed by atoms with Crippen molar-refractivity contribution < 1.29 is 18.0 Å². The van der Waals surface area contributed by atoms with E-state index in [4.69, 9.17) is 11.6 Å². The summed E-state index contributed by atoms with van der Waals surface area (Å²) in [5.74, 6) is -0.114. The van der Waals surface area contributed by atoms with Crippen LogP contribution in [0.1, 0.15) is 31.2 Å². The summed E-state index contributed by atoms with van der Waals surface area (Å²) in [5, 5.41) is 3.35. The minimum atomic E-state index is -3.62. The summed E-state index contributed by atoms with van der Waals surface area (Å²) in [6.07, 6.45) is 0.221. The number of rotatable bonds is 8. The number of nitrogens with zero attached hydrogens (tertiary/aromatic N) is 2. The van der Waals surface area contributed by atoms with Crippen LogP contribution in [0.25, 0.3) is 0 Å². The van der Waals surface area contributed by atoms with Crippen LogP contribution in [-0.2, 0) is 19.6 Å². The lowest BCUT2D eigenvalue weighted by molar-refractivity contribution is -0.134. The van der Waals surface area contributed by atoms with E-state index in [-0.39, 0.29) is 48.6 Å². The largest absolute Gasteiger partial charge is 0.355 e. The highest BCUT2D eigenvalue weighted by atomic mass is 35.5. The van der Waals surface area contributed by atoms with Crippen molar-refractivity contribution in [3.05, 3.63) is 65.2 Å². The molecule has 1 fully saturated rings. The Morgan fingerprint density at radius 3 is 2.22 bits per heavy atom. The van der Waals surface area contributed by atoms with Crippen LogP contribution in [0, 0.1) is 0 Å². The van der Waals surface area contributed by atoms with E-state index in [1.165, 1.54) is 16.4 Å². The van der Waals surface area contributed by atoms with Gasteiger partial charge in [-0.15, -0.1) is 0 Å². The van der Waals surface area contributed by atoms with Gasteiger partial charge in [-0.05, 0) is 35.7 Å². The maximum absolute atomic E-state index is 12.7. The van der Waals surface area contributed by atoms with E-state index in [2.05, 4.69) is 5.32 Å². The summed E-state index contributed by atoms with van der Waals surface area (Å²) >= 11 is 5.84. The van der Waals surface area contributed by atoms with Crippen LogP contribution in [0.2, 0.25) is 5.02 Å². The molecule has 0 unspecified atom stereocenters. The molecule has 2 amide bonds. The average molecular weight is 478 g/mol. The third-order valence-electron chi connectivity index (χ3n) is 5.58. The second kappa shape index (κ2) is 10.9. The zero-order valence-electron chi connectivity index (χ0n) is 18.0. The average Bonchev–Trinajstić information content (AvgIpc) is 2.82. The molecule has 1 saturated heterocycles. The maximum Gasteiger partial charge on any atom is 0.243 e. The van der Waals surface area contributed by atoms with Crippen LogP contribution in [0.5, 0.6) is 0 Å². The van der Waals surface area contributed by atoms with Gasteiger partial charge in [-0.3, -0.25) is 9.59 Å². The lowest BCUT2D eigenvalue weighted by Gasteiger charge is -2.34. The molecular weight excluding hydrogens is 450 g/mol. The highest BCUT2D eigenvalue weighted by Crippen LogP contribution is 2.20. The normalized spacial score (nSPS) is 15.9. The first-order valence-electron chi connectivity index (χ1n) is 10.6. The first-order valence-corrected chi connectivity index (χ1v) is 12.4. The van der Waals surface area contributed by atoms with E-state index in [0.717, 1.165) is 5.56 Å². The van der Waals surface area contributed by atoms with Crippen LogP contribution in [0.15, 0.2) is 59.5 Å². The van der Waals surface area contributed by atoms with Crippen molar-refractivity contribution in [2.45, 2.75) is 30.6 Å². The number of hydrogen-bond acceptors (Lipinski definition) is 4. The van der Waals surface area contributed by atoms with Gasteiger partial charge < -0.3 is 10.2 Å². The van der Waals surface area contributed by atoms with Crippen LogP contribution in [-0.4, -0.2) is 62.2 Å². The lowest BCUT2D eigenvalue weighted by atomic mass is 10.0. The maximum atomic E-state index is 12.7. The highest BCUT2D eigenvalue weighted by molar-refractivity contribution is 7.89. The molecule has 1 aliphatic rings. The van der Waals surface area contributed by atoms with Crippen molar-refractivity contribution >= 4 is 33.4 Å². The van der Waals surface area contributed by atoms with E-state index in [1.54, 1.807) is 17.0 Å². The third-order valence-corrected chi connectivity index (χ3v) is 7.75. The van der Waals surface area contributed by atoms with Crippen LogP contribution in [0.3, 0.4) is 0 Å². The van der Waals surface area contributed by atoms with Gasteiger partial charge in [0.25, 0.3) is 0 Å². The molecule has 172 valence electrons. The zero-order chi connectivity index (χ0) is 23.1. The molecule has 0 bridgehead atoms. The van der Waals surface area contributed by atoms with E-state index in [1.807, 2.05) is 37.3 Å². The Morgan fingerprint density at radius 2 is 1.59 bits per heavy atom. The van der Waals surface area contributed by atoms with Gasteiger partial charge in [-0.25, -0.2) is 8.42 Å². The molecule has 32 heavy (non-hydrogen) atoms. The summed E-state index contributed by atoms with van der Waals surface area (Å²) < 4.78 is 26.9. The number of nitrogens with one attached hydrogen (secondary N) is 1. The summed E-state index contributed by atoms with van der Waals surface area (Å²) in [6, 6.07) is 16.0. The molecule has 3 rings (SSSR count). The molecule has 0 aliphatic carbocycles. The molecule has 1 N–H and O–H groups in total. The molecule has 1 atom stereocenters. The van der Waals surface area contributed by atoms with E-state index in [0.29, 0.717) is 24.7 Å². The summed E-state index contributed by atoms with van der Waals surface area (Å²) in [5.41, 5.74) is 1.15. The molecule has 0 saturated carbocycles. The molecule has 2 aromatic rings. The molecule has 9 heteroatoms. The van der Waals surface area contributed by atoms with Gasteiger partial charge in [0.1, 0.15) is 0 Å². The van der Waals surface area contributed by atoms with Crippen molar-refractivity contribution in [3.8, 4) is 0 Å². The van der Waals surface area contributed by atoms with E-state index in [9.17, 15) is 18.0 Å². The molecule has 1 heterocycles. The number of carbonyl (C=O) groups is 2. The van der Waals surface area contributed by atoms with E-state index < -0.39 is 10.0 Å². The number of halogens is 1. The molecule has 0 radical (unpaired) electrons. The standard InChI is InChI=1S/C23H28ClN3O4S/c1-18(19-5-3-2-4-6-19)17-25-22(28)11-12-23(29)26-13-15-27(16-14-26)32(30,31)21-9-7-20(24)8-10-21/h2-10,18H,11-17H2,1H3,(H,25,28)/t18-/m0/s1. The Kier molecular flexibility index (Phi) is 8.28. The molecule has 2 aromatic carbocycles. The first kappa shape index (κ1) is 24.2. The minimum absolute atomic E-state index is 0.107. The predicted molar refractivity (Wildman–Crippen MR) is 124 cm³/mol. The smallest absolute Gasteiger partial charge is 0.243 e. The van der Waals surface area contributed by atoms with Gasteiger partial charge in [0.15, 0.2) is 0 Å². The fraction of sp³-hybridized carbons (Fsp3) is 0.391. The number of amides is 2. The fourth-order valence-electron chi connectivity index (χ4n) is 3.57. The van der Waals surface area contributed by atoms with Gasteiger partial charge in [0.2, 0.25) is 21.8 Å². The number of carbonyl (C=O) groups excluding carboxylic acids is 2. The van der Waals surface area contributed by atoms with Crippen LogP contribution in [0.4, 0.5) is 0 Å². The highest BCUT2D eigenvalue weighted by Gasteiger charge is 2.30. The Morgan fingerprint density at radius 1 is 0.969 bits per heavy atom. The Balaban J connectivity index is 1.41. The SMILES string of the molecule is C[C@@H](CNC(=O)CCC(=O)N1CCN(S(=O)(=O)c2ccc(Cl)cc2)CC1)c1ccccc1. The second-order valence-electron chi connectivity index (χ2n) is 7.85. The number of benzene rings is 2. The van der Waals surface area contributed by atoms with Crippen molar-refractivity contribution in [2.24, 2.45) is 0 Å². The Bertz CT molecular complexity index is 1020. The molecule has 7 nitrogen and oxygen atoms in total. The van der Waals surface area contributed by atoms with Crippen LogP contribution >= 0.6 is 11.6 Å². The van der Waals surface area contributed by atoms with Gasteiger partial charge in [0, 0.05) is 50.6 Å². The van der Waals surface area contributed by atoms with Gasteiger partial charge in [-0.2, -0.15) is 4.31 Å². The summed E-state index contributed by atoms with van der Waals surface area (Å²) in [7, 11) is -3.62. The fourth-order valence-corrected chi connectivity index (χ4v) is 5.11.